The Labute approximate surface area is 165 Å². The van der Waals surface area contributed by atoms with E-state index in [0.717, 1.165) is 4.76 Å². The van der Waals surface area contributed by atoms with Gasteiger partial charge in [0.15, 0.2) is 0 Å². The SMILES string of the molecule is Cc1c(F)ccc2[nH]c(=O)c(CC(=O)NCC3C(C)CC(C#N)C[N+]3=O)c(O)c12. The first-order valence-electron chi connectivity index (χ1n) is 9.36. The van der Waals surface area contributed by atoms with Crippen molar-refractivity contribution in [2.24, 2.45) is 11.8 Å². The summed E-state index contributed by atoms with van der Waals surface area (Å²) in [6.07, 6.45) is 0.166. The summed E-state index contributed by atoms with van der Waals surface area (Å²) in [7, 11) is 0. The number of piperidine rings is 1. The molecule has 3 atom stereocenters. The van der Waals surface area contributed by atoms with Gasteiger partial charge in [0, 0.05) is 21.0 Å². The number of nitrogens with zero attached hydrogens (tertiary/aromatic N) is 2. The highest BCUT2D eigenvalue weighted by atomic mass is 19.1. The van der Waals surface area contributed by atoms with Gasteiger partial charge in [0.1, 0.15) is 17.5 Å². The van der Waals surface area contributed by atoms with Crippen LogP contribution in [0.25, 0.3) is 10.9 Å². The fourth-order valence-corrected chi connectivity index (χ4v) is 3.87. The van der Waals surface area contributed by atoms with Crippen LogP contribution in [-0.4, -0.2) is 39.9 Å². The largest absolute Gasteiger partial charge is 0.507 e. The molecule has 152 valence electrons. The Morgan fingerprint density at radius 1 is 1.48 bits per heavy atom. The predicted octanol–water partition coefficient (Wildman–Crippen LogP) is 1.67. The van der Waals surface area contributed by atoms with Crippen molar-refractivity contribution >= 4 is 16.8 Å². The number of halogens is 1. The molecular formula is C20H22FN4O4+. The topological polar surface area (TPSA) is 126 Å². The molecule has 3 N–H and O–H groups in total. The number of benzene rings is 1. The standard InChI is InChI=1S/C20H21FN4O4/c1-10-5-12(7-22)9-25(29)16(10)8-23-17(26)6-13-19(27)18-11(2)14(21)3-4-15(18)24-20(13)28/h3-4,10,12,16H,5-6,8-9H2,1-2H3,(H2-,23,24,26,27,28)/p+1. The van der Waals surface area contributed by atoms with Crippen molar-refractivity contribution in [3.05, 3.63) is 44.3 Å². The van der Waals surface area contributed by atoms with Crippen LogP contribution in [-0.2, 0) is 11.2 Å². The Kier molecular flexibility index (Phi) is 5.64. The monoisotopic (exact) mass is 401 g/mol. The maximum Gasteiger partial charge on any atom is 0.255 e. The smallest absolute Gasteiger partial charge is 0.255 e. The number of nitriles is 1. The number of hydrogen-bond acceptors (Lipinski definition) is 5. The number of aromatic nitrogens is 1. The van der Waals surface area contributed by atoms with Gasteiger partial charge in [-0.2, -0.15) is 5.26 Å². The number of aromatic amines is 1. The Morgan fingerprint density at radius 3 is 2.86 bits per heavy atom. The molecule has 1 aliphatic heterocycles. The number of fused-ring (bicyclic) bond motifs is 1. The third-order valence-corrected chi connectivity index (χ3v) is 5.56. The van der Waals surface area contributed by atoms with Crippen LogP contribution in [0.15, 0.2) is 16.9 Å². The van der Waals surface area contributed by atoms with Crippen molar-refractivity contribution in [1.29, 1.82) is 5.26 Å². The number of nitrogens with one attached hydrogen (secondary N) is 2. The summed E-state index contributed by atoms with van der Waals surface area (Å²) < 4.78 is 14.7. The fraction of sp³-hybridized carbons (Fsp3) is 0.450. The van der Waals surface area contributed by atoms with Gasteiger partial charge in [-0.05, 0) is 31.0 Å². The lowest BCUT2D eigenvalue weighted by Gasteiger charge is -2.24. The van der Waals surface area contributed by atoms with Crippen molar-refractivity contribution in [2.75, 3.05) is 13.1 Å². The number of H-pyrrole nitrogens is 1. The van der Waals surface area contributed by atoms with Crippen LogP contribution in [0.2, 0.25) is 0 Å². The van der Waals surface area contributed by atoms with Crippen LogP contribution in [0.3, 0.4) is 0 Å². The lowest BCUT2D eigenvalue weighted by atomic mass is 9.86. The third-order valence-electron chi connectivity index (χ3n) is 5.56. The number of pyridine rings is 1. The van der Waals surface area contributed by atoms with Gasteiger partial charge >= 0.3 is 0 Å². The molecule has 1 fully saturated rings. The van der Waals surface area contributed by atoms with E-state index in [-0.39, 0.29) is 47.0 Å². The molecule has 0 bridgehead atoms. The number of rotatable bonds is 4. The van der Waals surface area contributed by atoms with E-state index in [1.165, 1.54) is 19.1 Å². The van der Waals surface area contributed by atoms with Gasteiger partial charge < -0.3 is 15.4 Å². The number of carbonyl (C=O) groups excluding carboxylic acids is 1. The zero-order valence-corrected chi connectivity index (χ0v) is 16.2. The van der Waals surface area contributed by atoms with Crippen LogP contribution in [0.5, 0.6) is 5.75 Å². The Bertz CT molecular complexity index is 1090. The van der Waals surface area contributed by atoms with Gasteiger partial charge in [-0.25, -0.2) is 4.39 Å². The average molecular weight is 401 g/mol. The normalized spacial score (nSPS) is 21.7. The summed E-state index contributed by atoms with van der Waals surface area (Å²) in [6.45, 7) is 3.49. The first-order chi connectivity index (χ1) is 13.7. The van der Waals surface area contributed by atoms with Crippen LogP contribution in [0, 0.1) is 40.8 Å². The highest BCUT2D eigenvalue weighted by Crippen LogP contribution is 2.29. The van der Waals surface area contributed by atoms with Crippen molar-refractivity contribution in [1.82, 2.24) is 10.3 Å². The lowest BCUT2D eigenvalue weighted by molar-refractivity contribution is -0.606. The molecular weight excluding hydrogens is 379 g/mol. The number of hydrogen-bond donors (Lipinski definition) is 3. The summed E-state index contributed by atoms with van der Waals surface area (Å²) >= 11 is 0. The van der Waals surface area contributed by atoms with E-state index in [1.807, 2.05) is 6.92 Å². The molecule has 1 aliphatic rings. The van der Waals surface area contributed by atoms with Gasteiger partial charge in [-0.15, -0.1) is 0 Å². The number of carbonyl (C=O) groups is 1. The summed E-state index contributed by atoms with van der Waals surface area (Å²) in [5, 5.41) is 22.3. The Hall–Kier alpha value is -3.28. The summed E-state index contributed by atoms with van der Waals surface area (Å²) in [4.78, 5) is 39.4. The molecule has 9 heteroatoms. The summed E-state index contributed by atoms with van der Waals surface area (Å²) in [5.74, 6) is -1.90. The zero-order chi connectivity index (χ0) is 21.3. The second kappa shape index (κ2) is 7.99. The number of nitroso groups, excluding NO2 is 1. The molecule has 1 saturated heterocycles. The van der Waals surface area contributed by atoms with Crippen LogP contribution in [0.4, 0.5) is 4.39 Å². The van der Waals surface area contributed by atoms with E-state index in [1.54, 1.807) is 0 Å². The molecule has 0 saturated carbocycles. The molecule has 1 aromatic heterocycles. The molecule has 3 rings (SSSR count). The highest BCUT2D eigenvalue weighted by Gasteiger charge is 2.40. The fourth-order valence-electron chi connectivity index (χ4n) is 3.87. The minimum absolute atomic E-state index is 0.0710. The van der Waals surface area contributed by atoms with Gasteiger partial charge in [0.2, 0.25) is 18.5 Å². The molecule has 0 spiro atoms. The quantitative estimate of drug-likeness (QED) is 0.672. The Morgan fingerprint density at radius 2 is 2.21 bits per heavy atom. The number of amides is 1. The van der Waals surface area contributed by atoms with E-state index >= 15 is 0 Å². The highest BCUT2D eigenvalue weighted by molar-refractivity contribution is 5.90. The van der Waals surface area contributed by atoms with Crippen LogP contribution in [0.1, 0.15) is 24.5 Å². The first-order valence-corrected chi connectivity index (χ1v) is 9.36. The molecule has 0 radical (unpaired) electrons. The van der Waals surface area contributed by atoms with E-state index in [4.69, 9.17) is 5.26 Å². The minimum Gasteiger partial charge on any atom is -0.507 e. The van der Waals surface area contributed by atoms with Crippen LogP contribution >= 0.6 is 0 Å². The maximum atomic E-state index is 13.8. The van der Waals surface area contributed by atoms with Crippen molar-refractivity contribution in [3.8, 4) is 11.8 Å². The molecule has 2 aromatic rings. The van der Waals surface area contributed by atoms with Crippen molar-refractivity contribution < 1.29 is 19.1 Å². The molecule has 1 amide bonds. The second-order valence-corrected chi connectivity index (χ2v) is 7.56. The molecule has 0 aliphatic carbocycles. The number of aromatic hydroxyl groups is 1. The van der Waals surface area contributed by atoms with E-state index in [2.05, 4.69) is 16.4 Å². The van der Waals surface area contributed by atoms with E-state index in [0.29, 0.717) is 6.42 Å². The summed E-state index contributed by atoms with van der Waals surface area (Å²) in [5.41, 5.74) is -0.350. The summed E-state index contributed by atoms with van der Waals surface area (Å²) in [6, 6.07) is 4.17. The molecule has 2 heterocycles. The van der Waals surface area contributed by atoms with Crippen molar-refractivity contribution in [2.45, 2.75) is 32.7 Å². The van der Waals surface area contributed by atoms with Crippen LogP contribution < -0.4 is 10.9 Å². The van der Waals surface area contributed by atoms with Crippen molar-refractivity contribution in [3.63, 3.8) is 0 Å². The predicted molar refractivity (Wildman–Crippen MR) is 103 cm³/mol. The van der Waals surface area contributed by atoms with Gasteiger partial charge in [0.05, 0.1) is 30.1 Å². The van der Waals surface area contributed by atoms with Gasteiger partial charge in [-0.3, -0.25) is 9.59 Å². The molecule has 8 nitrogen and oxygen atoms in total. The lowest BCUT2D eigenvalue weighted by Crippen LogP contribution is -2.47. The van der Waals surface area contributed by atoms with E-state index in [9.17, 15) is 24.0 Å². The zero-order valence-electron chi connectivity index (χ0n) is 16.2. The second-order valence-electron chi connectivity index (χ2n) is 7.56. The number of aryl methyl sites for hydroxylation is 1. The third kappa shape index (κ3) is 3.97. The minimum atomic E-state index is -0.635. The van der Waals surface area contributed by atoms with Gasteiger partial charge in [0.25, 0.3) is 5.56 Å². The first kappa shape index (κ1) is 20.5. The van der Waals surface area contributed by atoms with Gasteiger partial charge in [-0.1, -0.05) is 6.92 Å². The van der Waals surface area contributed by atoms with E-state index < -0.39 is 35.5 Å². The molecule has 29 heavy (non-hydrogen) atoms. The average Bonchev–Trinajstić information content (AvgIpc) is 2.67. The molecule has 3 unspecified atom stereocenters. The maximum absolute atomic E-state index is 13.8. The Balaban J connectivity index is 1.75. The molecule has 1 aromatic carbocycles.